The summed E-state index contributed by atoms with van der Waals surface area (Å²) in [5.41, 5.74) is 1.88. The fourth-order valence-electron chi connectivity index (χ4n) is 2.85. The molecule has 1 aliphatic heterocycles. The molecule has 1 saturated heterocycles. The van der Waals surface area contributed by atoms with Crippen molar-refractivity contribution in [3.05, 3.63) is 24.3 Å². The maximum atomic E-state index is 5.70. The number of nitrogens with one attached hydrogen (secondary N) is 2. The molecule has 5 nitrogen and oxygen atoms in total. The SMILES string of the molecule is COCC1(CNc2nc3ccccc3o2)CCNCC1. The molecule has 0 saturated carbocycles. The molecular weight excluding hydrogens is 254 g/mol. The Bertz CT molecular complexity index is 522. The van der Waals surface area contributed by atoms with Crippen molar-refractivity contribution in [2.75, 3.05) is 38.7 Å². The second kappa shape index (κ2) is 5.81. The van der Waals surface area contributed by atoms with Gasteiger partial charge in [-0.1, -0.05) is 12.1 Å². The number of anilines is 1. The maximum absolute atomic E-state index is 5.70. The molecule has 0 unspecified atom stereocenters. The zero-order valence-electron chi connectivity index (χ0n) is 11.8. The predicted octanol–water partition coefficient (Wildman–Crippen LogP) is 2.26. The number of nitrogens with zero attached hydrogens (tertiary/aromatic N) is 1. The number of hydrogen-bond donors (Lipinski definition) is 2. The van der Waals surface area contributed by atoms with Crippen LogP contribution in [0.2, 0.25) is 0 Å². The van der Waals surface area contributed by atoms with Gasteiger partial charge in [0.25, 0.3) is 6.01 Å². The topological polar surface area (TPSA) is 59.3 Å². The molecule has 0 atom stereocenters. The highest BCUT2D eigenvalue weighted by atomic mass is 16.5. The van der Waals surface area contributed by atoms with Crippen LogP contribution in [0.1, 0.15) is 12.8 Å². The zero-order valence-corrected chi connectivity index (χ0v) is 11.8. The molecule has 1 aliphatic rings. The number of piperidine rings is 1. The van der Waals surface area contributed by atoms with E-state index in [1.807, 2.05) is 24.3 Å². The van der Waals surface area contributed by atoms with Gasteiger partial charge in [-0.25, -0.2) is 0 Å². The van der Waals surface area contributed by atoms with Crippen molar-refractivity contribution in [1.82, 2.24) is 10.3 Å². The standard InChI is InChI=1S/C15H21N3O2/c1-19-11-15(6-8-16-9-7-15)10-17-14-18-12-4-2-3-5-13(12)20-14/h2-5,16H,6-11H2,1H3,(H,17,18). The molecule has 1 aromatic carbocycles. The van der Waals surface area contributed by atoms with E-state index in [-0.39, 0.29) is 5.41 Å². The number of para-hydroxylation sites is 2. The number of oxazole rings is 1. The van der Waals surface area contributed by atoms with Crippen LogP contribution in [0.3, 0.4) is 0 Å². The molecule has 0 bridgehead atoms. The van der Waals surface area contributed by atoms with Gasteiger partial charge in [0.1, 0.15) is 5.52 Å². The van der Waals surface area contributed by atoms with E-state index < -0.39 is 0 Å². The Balaban J connectivity index is 1.70. The zero-order chi connectivity index (χ0) is 13.8. The second-order valence-corrected chi connectivity index (χ2v) is 5.52. The van der Waals surface area contributed by atoms with Crippen molar-refractivity contribution in [3.63, 3.8) is 0 Å². The quantitative estimate of drug-likeness (QED) is 0.876. The number of rotatable bonds is 5. The van der Waals surface area contributed by atoms with E-state index in [9.17, 15) is 0 Å². The number of fused-ring (bicyclic) bond motifs is 1. The van der Waals surface area contributed by atoms with Crippen LogP contribution < -0.4 is 10.6 Å². The second-order valence-electron chi connectivity index (χ2n) is 5.52. The van der Waals surface area contributed by atoms with Gasteiger partial charge in [0.05, 0.1) is 6.61 Å². The van der Waals surface area contributed by atoms with Gasteiger partial charge in [-0.2, -0.15) is 4.98 Å². The first-order chi connectivity index (χ1) is 9.81. The molecule has 20 heavy (non-hydrogen) atoms. The largest absolute Gasteiger partial charge is 0.424 e. The van der Waals surface area contributed by atoms with E-state index in [0.29, 0.717) is 6.01 Å². The molecule has 2 aromatic rings. The normalized spacial score (nSPS) is 18.2. The summed E-state index contributed by atoms with van der Waals surface area (Å²) < 4.78 is 11.1. The lowest BCUT2D eigenvalue weighted by Crippen LogP contribution is -2.44. The van der Waals surface area contributed by atoms with Crippen molar-refractivity contribution in [2.24, 2.45) is 5.41 Å². The van der Waals surface area contributed by atoms with Crippen LogP contribution in [0.25, 0.3) is 11.1 Å². The Morgan fingerprint density at radius 1 is 1.35 bits per heavy atom. The summed E-state index contributed by atoms with van der Waals surface area (Å²) in [5.74, 6) is 0. The minimum atomic E-state index is 0.167. The highest BCUT2D eigenvalue weighted by molar-refractivity contribution is 5.74. The molecule has 2 heterocycles. The lowest BCUT2D eigenvalue weighted by Gasteiger charge is -2.36. The molecule has 1 fully saturated rings. The third-order valence-electron chi connectivity index (χ3n) is 4.02. The summed E-state index contributed by atoms with van der Waals surface area (Å²) in [5, 5.41) is 6.74. The minimum absolute atomic E-state index is 0.167. The van der Waals surface area contributed by atoms with Crippen molar-refractivity contribution >= 4 is 17.1 Å². The van der Waals surface area contributed by atoms with Gasteiger partial charge < -0.3 is 19.8 Å². The van der Waals surface area contributed by atoms with Gasteiger partial charge in [-0.15, -0.1) is 0 Å². The van der Waals surface area contributed by atoms with E-state index in [0.717, 1.165) is 50.2 Å². The smallest absolute Gasteiger partial charge is 0.295 e. The van der Waals surface area contributed by atoms with Crippen molar-refractivity contribution in [2.45, 2.75) is 12.8 Å². The number of aromatic nitrogens is 1. The highest BCUT2D eigenvalue weighted by Gasteiger charge is 2.32. The minimum Gasteiger partial charge on any atom is -0.424 e. The number of ether oxygens (including phenoxy) is 1. The molecule has 0 spiro atoms. The summed E-state index contributed by atoms with van der Waals surface area (Å²) in [4.78, 5) is 4.45. The van der Waals surface area contributed by atoms with Gasteiger partial charge in [0, 0.05) is 19.1 Å². The maximum Gasteiger partial charge on any atom is 0.295 e. The molecule has 0 amide bonds. The summed E-state index contributed by atoms with van der Waals surface area (Å²) in [7, 11) is 1.77. The summed E-state index contributed by atoms with van der Waals surface area (Å²) in [6.45, 7) is 3.68. The first-order valence-electron chi connectivity index (χ1n) is 7.10. The highest BCUT2D eigenvalue weighted by Crippen LogP contribution is 2.30. The molecule has 0 radical (unpaired) electrons. The number of hydrogen-bond acceptors (Lipinski definition) is 5. The van der Waals surface area contributed by atoms with Crippen LogP contribution in [0.5, 0.6) is 0 Å². The number of methoxy groups -OCH3 is 1. The lowest BCUT2D eigenvalue weighted by molar-refractivity contribution is 0.0632. The van der Waals surface area contributed by atoms with Gasteiger partial charge >= 0.3 is 0 Å². The molecule has 3 rings (SSSR count). The van der Waals surface area contributed by atoms with Crippen molar-refractivity contribution in [3.8, 4) is 0 Å². The third kappa shape index (κ3) is 2.78. The molecular formula is C15H21N3O2. The average Bonchev–Trinajstić information content (AvgIpc) is 2.89. The molecule has 108 valence electrons. The Kier molecular flexibility index (Phi) is 3.89. The van der Waals surface area contributed by atoms with E-state index in [1.165, 1.54) is 0 Å². The van der Waals surface area contributed by atoms with Gasteiger partial charge in [0.15, 0.2) is 5.58 Å². The number of benzene rings is 1. The van der Waals surface area contributed by atoms with E-state index in [4.69, 9.17) is 9.15 Å². The van der Waals surface area contributed by atoms with Gasteiger partial charge in [-0.05, 0) is 38.1 Å². The van der Waals surface area contributed by atoms with Crippen molar-refractivity contribution in [1.29, 1.82) is 0 Å². The molecule has 1 aromatic heterocycles. The fraction of sp³-hybridized carbons (Fsp3) is 0.533. The van der Waals surface area contributed by atoms with E-state index >= 15 is 0 Å². The first kappa shape index (κ1) is 13.4. The van der Waals surface area contributed by atoms with Crippen LogP contribution in [0.15, 0.2) is 28.7 Å². The first-order valence-corrected chi connectivity index (χ1v) is 7.10. The Hall–Kier alpha value is -1.59. The van der Waals surface area contributed by atoms with Crippen LogP contribution in [0, 0.1) is 5.41 Å². The van der Waals surface area contributed by atoms with Crippen LogP contribution >= 0.6 is 0 Å². The molecule has 5 heteroatoms. The van der Waals surface area contributed by atoms with Crippen LogP contribution in [0.4, 0.5) is 6.01 Å². The molecule has 0 aliphatic carbocycles. The predicted molar refractivity (Wildman–Crippen MR) is 78.9 cm³/mol. The van der Waals surface area contributed by atoms with Crippen LogP contribution in [-0.4, -0.2) is 38.3 Å². The van der Waals surface area contributed by atoms with Gasteiger partial charge in [0.2, 0.25) is 0 Å². The summed E-state index contributed by atoms with van der Waals surface area (Å²) >= 11 is 0. The van der Waals surface area contributed by atoms with Gasteiger partial charge in [-0.3, -0.25) is 0 Å². The van der Waals surface area contributed by atoms with Crippen molar-refractivity contribution < 1.29 is 9.15 Å². The Labute approximate surface area is 118 Å². The van der Waals surface area contributed by atoms with Crippen LogP contribution in [-0.2, 0) is 4.74 Å². The van der Waals surface area contributed by atoms with E-state index in [1.54, 1.807) is 7.11 Å². The summed E-state index contributed by atoms with van der Waals surface area (Å²) in [6.07, 6.45) is 2.21. The lowest BCUT2D eigenvalue weighted by atomic mass is 9.79. The Morgan fingerprint density at radius 2 is 2.15 bits per heavy atom. The monoisotopic (exact) mass is 275 g/mol. The molecule has 2 N–H and O–H groups in total. The Morgan fingerprint density at radius 3 is 2.90 bits per heavy atom. The summed E-state index contributed by atoms with van der Waals surface area (Å²) in [6, 6.07) is 8.41. The fourth-order valence-corrected chi connectivity index (χ4v) is 2.85. The third-order valence-corrected chi connectivity index (χ3v) is 4.02. The van der Waals surface area contributed by atoms with E-state index in [2.05, 4.69) is 15.6 Å². The average molecular weight is 275 g/mol.